The normalized spacial score (nSPS) is 17.3. The maximum Gasteiger partial charge on any atom is 0.483 e. The fourth-order valence-electron chi connectivity index (χ4n) is 1.98. The molecule has 0 unspecified atom stereocenters. The minimum Gasteiger partial charge on any atom is -0.401 e. The first-order valence-electron chi connectivity index (χ1n) is 5.49. The van der Waals surface area contributed by atoms with Crippen LogP contribution in [0.3, 0.4) is 0 Å². The molecule has 0 bridgehead atoms. The highest BCUT2D eigenvalue weighted by Crippen LogP contribution is 2.32. The Balaban J connectivity index is 2.43. The maximum absolute atomic E-state index is 10.9. The molecule has 0 aliphatic heterocycles. The molecular weight excluding hydrogens is 250 g/mol. The van der Waals surface area contributed by atoms with Gasteiger partial charge in [0.15, 0.2) is 0 Å². The van der Waals surface area contributed by atoms with Crippen molar-refractivity contribution in [1.82, 2.24) is 0 Å². The van der Waals surface area contributed by atoms with Crippen LogP contribution in [0.5, 0.6) is 0 Å². The molecule has 98 valence electrons. The first-order chi connectivity index (χ1) is 8.97. The number of hydrogen-bond acceptors (Lipinski definition) is 5. The van der Waals surface area contributed by atoms with E-state index in [1.54, 1.807) is 24.3 Å². The zero-order valence-corrected chi connectivity index (χ0v) is 9.85. The molecule has 0 saturated heterocycles. The number of allylic oxidation sites excluding steroid dienone is 2. The van der Waals surface area contributed by atoms with Gasteiger partial charge in [-0.25, -0.2) is 0 Å². The standard InChI is InChI=1S/C12H11N3O4/c13-11-8-12(14(16)17,15(18)19)7-6-10(11)9-4-2-1-3-5-9/h1-7H,8,13H2. The molecule has 0 radical (unpaired) electrons. The van der Waals surface area contributed by atoms with Gasteiger partial charge in [0.05, 0.1) is 6.08 Å². The second-order valence-corrected chi connectivity index (χ2v) is 4.21. The Labute approximate surface area is 108 Å². The Bertz CT molecular complexity index is 578. The molecule has 1 aliphatic rings. The van der Waals surface area contributed by atoms with Crippen LogP contribution in [0.2, 0.25) is 0 Å². The van der Waals surface area contributed by atoms with E-state index in [9.17, 15) is 20.2 Å². The molecule has 2 N–H and O–H groups in total. The second-order valence-electron chi connectivity index (χ2n) is 4.21. The molecule has 0 fully saturated rings. The minimum atomic E-state index is -2.36. The molecule has 2 rings (SSSR count). The van der Waals surface area contributed by atoms with Crippen LogP contribution in [0.1, 0.15) is 12.0 Å². The number of nitrogens with zero attached hydrogens (tertiary/aromatic N) is 2. The molecule has 7 nitrogen and oxygen atoms in total. The van der Waals surface area contributed by atoms with Gasteiger partial charge in [-0.1, -0.05) is 30.3 Å². The highest BCUT2D eigenvalue weighted by Gasteiger charge is 2.55. The van der Waals surface area contributed by atoms with E-state index in [-0.39, 0.29) is 5.70 Å². The van der Waals surface area contributed by atoms with E-state index in [4.69, 9.17) is 5.73 Å². The number of nitro groups is 2. The van der Waals surface area contributed by atoms with Crippen molar-refractivity contribution in [3.8, 4) is 0 Å². The topological polar surface area (TPSA) is 112 Å². The van der Waals surface area contributed by atoms with E-state index in [0.29, 0.717) is 5.57 Å². The third-order valence-electron chi connectivity index (χ3n) is 3.03. The van der Waals surface area contributed by atoms with Gasteiger partial charge in [0, 0.05) is 11.3 Å². The Hall–Kier alpha value is -2.70. The molecular formula is C12H11N3O4. The average Bonchev–Trinajstić information content (AvgIpc) is 2.39. The van der Waals surface area contributed by atoms with Crippen LogP contribution in [-0.4, -0.2) is 15.5 Å². The summed E-state index contributed by atoms with van der Waals surface area (Å²) in [5, 5.41) is 21.9. The van der Waals surface area contributed by atoms with Gasteiger partial charge in [-0.2, -0.15) is 0 Å². The third kappa shape index (κ3) is 2.05. The molecule has 0 heterocycles. The Morgan fingerprint density at radius 1 is 1.11 bits per heavy atom. The number of benzene rings is 1. The van der Waals surface area contributed by atoms with Crippen molar-refractivity contribution in [2.45, 2.75) is 12.1 Å². The largest absolute Gasteiger partial charge is 0.483 e. The van der Waals surface area contributed by atoms with Crippen LogP contribution < -0.4 is 5.73 Å². The summed E-state index contributed by atoms with van der Waals surface area (Å²) in [6.07, 6.45) is 1.90. The fraction of sp³-hybridized carbons (Fsp3) is 0.167. The average molecular weight is 261 g/mol. The lowest BCUT2D eigenvalue weighted by molar-refractivity contribution is -0.780. The van der Waals surface area contributed by atoms with Gasteiger partial charge in [0.25, 0.3) is 0 Å². The highest BCUT2D eigenvalue weighted by molar-refractivity contribution is 5.77. The van der Waals surface area contributed by atoms with Crippen LogP contribution in [0, 0.1) is 20.2 Å². The monoisotopic (exact) mass is 261 g/mol. The lowest BCUT2D eigenvalue weighted by Gasteiger charge is -2.19. The lowest BCUT2D eigenvalue weighted by Crippen LogP contribution is -2.46. The van der Waals surface area contributed by atoms with E-state index < -0.39 is 21.9 Å². The first-order valence-corrected chi connectivity index (χ1v) is 5.49. The third-order valence-corrected chi connectivity index (χ3v) is 3.03. The fourth-order valence-corrected chi connectivity index (χ4v) is 1.98. The van der Waals surface area contributed by atoms with Crippen molar-refractivity contribution in [2.24, 2.45) is 5.73 Å². The van der Waals surface area contributed by atoms with Gasteiger partial charge in [0.2, 0.25) is 0 Å². The summed E-state index contributed by atoms with van der Waals surface area (Å²) in [6, 6.07) is 9.00. The summed E-state index contributed by atoms with van der Waals surface area (Å²) in [5.41, 5.74) is 4.92. The zero-order chi connectivity index (χ0) is 14.0. The van der Waals surface area contributed by atoms with Crippen molar-refractivity contribution >= 4 is 5.57 Å². The quantitative estimate of drug-likeness (QED) is 0.504. The second kappa shape index (κ2) is 4.52. The summed E-state index contributed by atoms with van der Waals surface area (Å²) in [5.74, 6) is 0. The van der Waals surface area contributed by atoms with Crippen LogP contribution in [0.15, 0.2) is 48.2 Å². The summed E-state index contributed by atoms with van der Waals surface area (Å²) in [6.45, 7) is 0. The summed E-state index contributed by atoms with van der Waals surface area (Å²) < 4.78 is 0. The van der Waals surface area contributed by atoms with Gasteiger partial charge >= 0.3 is 5.66 Å². The Morgan fingerprint density at radius 2 is 1.68 bits per heavy atom. The molecule has 0 saturated carbocycles. The molecule has 0 atom stereocenters. The minimum absolute atomic E-state index is 0.141. The summed E-state index contributed by atoms with van der Waals surface area (Å²) in [7, 11) is 0. The molecule has 1 aromatic carbocycles. The summed E-state index contributed by atoms with van der Waals surface area (Å²) >= 11 is 0. The van der Waals surface area contributed by atoms with Crippen LogP contribution in [-0.2, 0) is 0 Å². The SMILES string of the molecule is NC1=C(c2ccccc2)C=CC([N+](=O)[O-])([N+](=O)[O-])C1. The smallest absolute Gasteiger partial charge is 0.401 e. The summed E-state index contributed by atoms with van der Waals surface area (Å²) in [4.78, 5) is 20.0. The van der Waals surface area contributed by atoms with Crippen molar-refractivity contribution in [2.75, 3.05) is 0 Å². The van der Waals surface area contributed by atoms with Crippen LogP contribution in [0.25, 0.3) is 5.57 Å². The van der Waals surface area contributed by atoms with Crippen molar-refractivity contribution < 1.29 is 9.85 Å². The van der Waals surface area contributed by atoms with E-state index in [1.807, 2.05) is 6.07 Å². The number of hydrogen-bond donors (Lipinski definition) is 1. The lowest BCUT2D eigenvalue weighted by atomic mass is 9.91. The maximum atomic E-state index is 10.9. The van der Waals surface area contributed by atoms with E-state index in [0.717, 1.165) is 11.6 Å². The predicted octanol–water partition coefficient (Wildman–Crippen LogP) is 1.57. The van der Waals surface area contributed by atoms with Crippen LogP contribution >= 0.6 is 0 Å². The number of nitrogens with two attached hydrogens (primary N) is 1. The molecule has 19 heavy (non-hydrogen) atoms. The Kier molecular flexibility index (Phi) is 3.04. The molecule has 0 spiro atoms. The van der Waals surface area contributed by atoms with Crippen LogP contribution in [0.4, 0.5) is 0 Å². The van der Waals surface area contributed by atoms with E-state index in [2.05, 4.69) is 0 Å². The van der Waals surface area contributed by atoms with Gasteiger partial charge in [-0.05, 0) is 11.6 Å². The van der Waals surface area contributed by atoms with Gasteiger partial charge in [-0.3, -0.25) is 20.2 Å². The first kappa shape index (κ1) is 12.7. The molecule has 0 aromatic heterocycles. The number of rotatable bonds is 3. The molecule has 1 aliphatic carbocycles. The van der Waals surface area contributed by atoms with Crippen molar-refractivity contribution in [3.05, 3.63) is 74.0 Å². The molecule has 0 amide bonds. The van der Waals surface area contributed by atoms with Crippen molar-refractivity contribution in [3.63, 3.8) is 0 Å². The zero-order valence-electron chi connectivity index (χ0n) is 9.85. The van der Waals surface area contributed by atoms with Crippen molar-refractivity contribution in [1.29, 1.82) is 0 Å². The van der Waals surface area contributed by atoms with E-state index in [1.165, 1.54) is 6.08 Å². The molecule has 7 heteroatoms. The van der Waals surface area contributed by atoms with Gasteiger partial charge < -0.3 is 5.73 Å². The van der Waals surface area contributed by atoms with Gasteiger partial charge in [0.1, 0.15) is 16.3 Å². The Morgan fingerprint density at radius 3 is 2.16 bits per heavy atom. The highest BCUT2D eigenvalue weighted by atomic mass is 16.7. The predicted molar refractivity (Wildman–Crippen MR) is 68.0 cm³/mol. The van der Waals surface area contributed by atoms with Gasteiger partial charge in [-0.15, -0.1) is 0 Å². The van der Waals surface area contributed by atoms with E-state index >= 15 is 0 Å². The molecule has 1 aromatic rings.